The Hall–Kier alpha value is -0.860. The largest absolute Gasteiger partial charge is 0.193 e. The van der Waals surface area contributed by atoms with E-state index in [2.05, 4.69) is 38.7 Å². The quantitative estimate of drug-likeness (QED) is 0.604. The Labute approximate surface area is 75.2 Å². The van der Waals surface area contributed by atoms with E-state index >= 15 is 0 Å². The van der Waals surface area contributed by atoms with E-state index in [1.165, 1.54) is 22.0 Å². The number of nitriles is 1. The van der Waals surface area contributed by atoms with Gasteiger partial charge in [0, 0.05) is 8.58 Å². The molecule has 1 rings (SSSR count). The standard InChI is InChI=1S/C10H12NP/c1-7-4-8(2)10(12-6-11)9(3)5-7/h4-5,12H,1-3H3. The summed E-state index contributed by atoms with van der Waals surface area (Å²) in [7, 11) is 0.287. The second-order valence-electron chi connectivity index (χ2n) is 3.01. The molecule has 0 aromatic heterocycles. The Bertz CT molecular complexity index is 313. The van der Waals surface area contributed by atoms with Gasteiger partial charge in [-0.25, -0.2) is 0 Å². The molecule has 0 aliphatic rings. The van der Waals surface area contributed by atoms with Crippen molar-refractivity contribution in [2.24, 2.45) is 0 Å². The maximum atomic E-state index is 8.60. The first-order valence-electron chi connectivity index (χ1n) is 3.88. The molecule has 0 N–H and O–H groups in total. The summed E-state index contributed by atoms with van der Waals surface area (Å²) in [5.41, 5.74) is 3.76. The Morgan fingerprint density at radius 2 is 1.67 bits per heavy atom. The maximum absolute atomic E-state index is 8.60. The highest BCUT2D eigenvalue weighted by atomic mass is 31.1. The van der Waals surface area contributed by atoms with Crippen LogP contribution in [-0.2, 0) is 0 Å². The molecule has 0 aliphatic heterocycles. The third-order valence-electron chi connectivity index (χ3n) is 1.86. The van der Waals surface area contributed by atoms with Crippen molar-refractivity contribution in [1.82, 2.24) is 0 Å². The zero-order valence-corrected chi connectivity index (χ0v) is 8.60. The molecule has 0 heterocycles. The lowest BCUT2D eigenvalue weighted by Crippen LogP contribution is -2.04. The van der Waals surface area contributed by atoms with Crippen LogP contribution in [0.15, 0.2) is 12.1 Å². The van der Waals surface area contributed by atoms with Crippen LogP contribution in [0.25, 0.3) is 0 Å². The van der Waals surface area contributed by atoms with Crippen LogP contribution in [0.4, 0.5) is 0 Å². The van der Waals surface area contributed by atoms with E-state index in [0.29, 0.717) is 0 Å². The van der Waals surface area contributed by atoms with Gasteiger partial charge in [0.1, 0.15) is 0 Å². The Balaban J connectivity index is 3.21. The number of nitrogens with zero attached hydrogens (tertiary/aromatic N) is 1. The van der Waals surface area contributed by atoms with Crippen LogP contribution in [0.2, 0.25) is 0 Å². The SMILES string of the molecule is Cc1cc(C)c(PC#N)c(C)c1. The van der Waals surface area contributed by atoms with Gasteiger partial charge in [-0.05, 0) is 37.2 Å². The molecule has 1 aromatic rings. The molecular weight excluding hydrogens is 165 g/mol. The molecule has 62 valence electrons. The van der Waals surface area contributed by atoms with Crippen LogP contribution in [0.1, 0.15) is 16.7 Å². The number of benzene rings is 1. The topological polar surface area (TPSA) is 23.8 Å². The van der Waals surface area contributed by atoms with Crippen molar-refractivity contribution in [3.8, 4) is 5.81 Å². The molecule has 1 unspecified atom stereocenters. The normalized spacial score (nSPS) is 10.5. The fourth-order valence-corrected chi connectivity index (χ4v) is 2.08. The summed E-state index contributed by atoms with van der Waals surface area (Å²) in [5, 5.41) is 9.81. The fraction of sp³-hybridized carbons (Fsp3) is 0.300. The second kappa shape index (κ2) is 3.70. The molecule has 0 amide bonds. The minimum atomic E-state index is 0.287. The van der Waals surface area contributed by atoms with Gasteiger partial charge >= 0.3 is 0 Å². The minimum absolute atomic E-state index is 0.287. The third kappa shape index (κ3) is 1.84. The van der Waals surface area contributed by atoms with Crippen molar-refractivity contribution in [3.63, 3.8) is 0 Å². The lowest BCUT2D eigenvalue weighted by molar-refractivity contribution is 1.36. The average molecular weight is 177 g/mol. The van der Waals surface area contributed by atoms with E-state index < -0.39 is 0 Å². The van der Waals surface area contributed by atoms with Gasteiger partial charge in [0.15, 0.2) is 0 Å². The van der Waals surface area contributed by atoms with Crippen LogP contribution in [0.3, 0.4) is 0 Å². The number of hydrogen-bond acceptors (Lipinski definition) is 1. The second-order valence-corrected chi connectivity index (χ2v) is 3.98. The molecule has 0 bridgehead atoms. The van der Waals surface area contributed by atoms with Crippen molar-refractivity contribution in [1.29, 1.82) is 5.26 Å². The molecule has 1 atom stereocenters. The summed E-state index contributed by atoms with van der Waals surface area (Å²) < 4.78 is 0. The summed E-state index contributed by atoms with van der Waals surface area (Å²) in [6, 6.07) is 4.26. The van der Waals surface area contributed by atoms with E-state index in [9.17, 15) is 0 Å². The Morgan fingerprint density at radius 3 is 2.08 bits per heavy atom. The molecule has 0 saturated carbocycles. The van der Waals surface area contributed by atoms with Gasteiger partial charge in [-0.3, -0.25) is 0 Å². The van der Waals surface area contributed by atoms with Crippen molar-refractivity contribution in [3.05, 3.63) is 28.8 Å². The fourth-order valence-electron chi connectivity index (χ4n) is 1.43. The smallest absolute Gasteiger partial charge is 0.0887 e. The first-order valence-corrected chi connectivity index (χ1v) is 4.88. The van der Waals surface area contributed by atoms with Crippen molar-refractivity contribution < 1.29 is 0 Å². The van der Waals surface area contributed by atoms with Gasteiger partial charge < -0.3 is 0 Å². The zero-order valence-electron chi connectivity index (χ0n) is 7.60. The third-order valence-corrected chi connectivity index (χ3v) is 3.01. The van der Waals surface area contributed by atoms with Crippen LogP contribution in [0.5, 0.6) is 0 Å². The summed E-state index contributed by atoms with van der Waals surface area (Å²) in [5.74, 6) is 2.21. The Morgan fingerprint density at radius 1 is 1.17 bits per heavy atom. The molecule has 12 heavy (non-hydrogen) atoms. The minimum Gasteiger partial charge on any atom is -0.193 e. The molecule has 0 spiro atoms. The van der Waals surface area contributed by atoms with E-state index in [0.717, 1.165) is 0 Å². The zero-order chi connectivity index (χ0) is 9.14. The Kier molecular flexibility index (Phi) is 2.84. The van der Waals surface area contributed by atoms with Gasteiger partial charge in [-0.15, -0.1) is 0 Å². The lowest BCUT2D eigenvalue weighted by atomic mass is 10.1. The van der Waals surface area contributed by atoms with E-state index in [-0.39, 0.29) is 8.58 Å². The van der Waals surface area contributed by atoms with Gasteiger partial charge in [0.05, 0.1) is 5.81 Å². The van der Waals surface area contributed by atoms with Crippen molar-refractivity contribution in [2.45, 2.75) is 20.8 Å². The van der Waals surface area contributed by atoms with Crippen LogP contribution >= 0.6 is 8.58 Å². The summed E-state index contributed by atoms with van der Waals surface area (Å²) >= 11 is 0. The molecular formula is C10H12NP. The van der Waals surface area contributed by atoms with E-state index in [1.807, 2.05) is 0 Å². The number of hydrogen-bond donors (Lipinski definition) is 0. The molecule has 1 aromatic carbocycles. The first kappa shape index (κ1) is 9.23. The predicted molar refractivity (Wildman–Crippen MR) is 54.2 cm³/mol. The molecule has 0 fully saturated rings. The van der Waals surface area contributed by atoms with Gasteiger partial charge in [-0.2, -0.15) is 5.26 Å². The van der Waals surface area contributed by atoms with Crippen molar-refractivity contribution >= 4 is 13.9 Å². The average Bonchev–Trinajstić information content (AvgIpc) is 1.96. The van der Waals surface area contributed by atoms with Gasteiger partial charge in [0.25, 0.3) is 0 Å². The highest BCUT2D eigenvalue weighted by molar-refractivity contribution is 7.52. The lowest BCUT2D eigenvalue weighted by Gasteiger charge is -2.06. The van der Waals surface area contributed by atoms with Crippen LogP contribution < -0.4 is 5.30 Å². The van der Waals surface area contributed by atoms with Crippen LogP contribution in [0, 0.1) is 31.8 Å². The highest BCUT2D eigenvalue weighted by Crippen LogP contribution is 2.16. The van der Waals surface area contributed by atoms with Crippen LogP contribution in [-0.4, -0.2) is 0 Å². The van der Waals surface area contributed by atoms with Crippen molar-refractivity contribution in [2.75, 3.05) is 0 Å². The number of rotatable bonds is 1. The monoisotopic (exact) mass is 177 g/mol. The molecule has 1 nitrogen and oxygen atoms in total. The summed E-state index contributed by atoms with van der Waals surface area (Å²) in [6.07, 6.45) is 0. The molecule has 0 aliphatic carbocycles. The molecule has 0 saturated heterocycles. The highest BCUT2D eigenvalue weighted by Gasteiger charge is 2.02. The molecule has 0 radical (unpaired) electrons. The summed E-state index contributed by atoms with van der Waals surface area (Å²) in [4.78, 5) is 0. The maximum Gasteiger partial charge on any atom is 0.0887 e. The van der Waals surface area contributed by atoms with E-state index in [1.54, 1.807) is 0 Å². The van der Waals surface area contributed by atoms with E-state index in [4.69, 9.17) is 5.26 Å². The predicted octanol–water partition coefficient (Wildman–Crippen LogP) is 2.40. The van der Waals surface area contributed by atoms with Gasteiger partial charge in [-0.1, -0.05) is 17.7 Å². The number of aryl methyl sites for hydroxylation is 3. The van der Waals surface area contributed by atoms with Gasteiger partial charge in [0.2, 0.25) is 0 Å². The summed E-state index contributed by atoms with van der Waals surface area (Å²) in [6.45, 7) is 6.22. The first-order chi connectivity index (χ1) is 5.65. The molecule has 2 heteroatoms.